The van der Waals surface area contributed by atoms with Gasteiger partial charge < -0.3 is 15.4 Å². The Labute approximate surface area is 147 Å². The first-order valence-electron chi connectivity index (χ1n) is 8.22. The van der Waals surface area contributed by atoms with E-state index in [1.807, 2.05) is 0 Å². The molecule has 1 aromatic carbocycles. The molecule has 6 nitrogen and oxygen atoms in total. The van der Waals surface area contributed by atoms with Crippen molar-refractivity contribution in [3.05, 3.63) is 57.8 Å². The average Bonchev–Trinajstić information content (AvgIpc) is 3.41. The number of halogens is 1. The minimum atomic E-state index is -1.31. The predicted octanol–water partition coefficient (Wildman–Crippen LogP) is 3.13. The third kappa shape index (κ3) is 2.44. The van der Waals surface area contributed by atoms with Crippen molar-refractivity contribution in [2.24, 2.45) is 0 Å². The Morgan fingerprint density at radius 1 is 1.35 bits per heavy atom. The van der Waals surface area contributed by atoms with Gasteiger partial charge in [-0.2, -0.15) is 0 Å². The summed E-state index contributed by atoms with van der Waals surface area (Å²) in [5, 5.41) is 9.72. The Kier molecular flexibility index (Phi) is 3.54. The number of carboxylic acid groups (broad SMARTS) is 1. The molecule has 0 radical (unpaired) electrons. The van der Waals surface area contributed by atoms with Gasteiger partial charge in [0.25, 0.3) is 5.56 Å². The van der Waals surface area contributed by atoms with Gasteiger partial charge >= 0.3 is 5.97 Å². The topological polar surface area (TPSA) is 98.2 Å². The number of rotatable bonds is 3. The van der Waals surface area contributed by atoms with E-state index in [9.17, 15) is 19.1 Å². The Bertz CT molecular complexity index is 1120. The van der Waals surface area contributed by atoms with E-state index in [-0.39, 0.29) is 11.6 Å². The van der Waals surface area contributed by atoms with Crippen LogP contribution in [0.5, 0.6) is 0 Å². The third-order valence-electron chi connectivity index (χ3n) is 4.73. The monoisotopic (exact) mass is 353 g/mol. The van der Waals surface area contributed by atoms with Crippen LogP contribution in [0.1, 0.15) is 34.8 Å². The number of carboxylic acids is 1. The van der Waals surface area contributed by atoms with Gasteiger partial charge in [-0.05, 0) is 49.6 Å². The normalized spacial score (nSPS) is 13.9. The van der Waals surface area contributed by atoms with Crippen molar-refractivity contribution in [1.29, 1.82) is 0 Å². The molecule has 0 bridgehead atoms. The van der Waals surface area contributed by atoms with Gasteiger partial charge in [0, 0.05) is 28.8 Å². The highest BCUT2D eigenvalue weighted by atomic mass is 19.1. The van der Waals surface area contributed by atoms with Crippen LogP contribution in [0.2, 0.25) is 0 Å². The van der Waals surface area contributed by atoms with Crippen LogP contribution < -0.4 is 11.3 Å². The molecule has 3 aromatic rings. The zero-order valence-corrected chi connectivity index (χ0v) is 14.0. The number of aromatic nitrogens is 2. The molecule has 0 saturated heterocycles. The Morgan fingerprint density at radius 2 is 2.08 bits per heavy atom. The second kappa shape index (κ2) is 5.66. The third-order valence-corrected chi connectivity index (χ3v) is 4.73. The quantitative estimate of drug-likeness (QED) is 0.754. The van der Waals surface area contributed by atoms with Crippen LogP contribution in [0, 0.1) is 12.7 Å². The van der Waals surface area contributed by atoms with E-state index in [2.05, 4.69) is 4.98 Å². The van der Waals surface area contributed by atoms with E-state index in [1.165, 1.54) is 22.9 Å². The average molecular weight is 353 g/mol. The molecule has 3 N–H and O–H groups in total. The minimum Gasteiger partial charge on any atom is -0.477 e. The first kappa shape index (κ1) is 16.3. The van der Waals surface area contributed by atoms with Crippen LogP contribution in [0.25, 0.3) is 22.0 Å². The van der Waals surface area contributed by atoms with E-state index in [0.717, 1.165) is 12.8 Å². The number of nitrogen functional groups attached to an aromatic ring is 1. The highest BCUT2D eigenvalue weighted by Gasteiger charge is 2.30. The molecule has 132 valence electrons. The van der Waals surface area contributed by atoms with E-state index in [1.54, 1.807) is 19.1 Å². The number of benzene rings is 1. The van der Waals surface area contributed by atoms with Crippen molar-refractivity contribution < 1.29 is 14.3 Å². The van der Waals surface area contributed by atoms with Gasteiger partial charge in [0.1, 0.15) is 17.2 Å². The number of anilines is 1. The fourth-order valence-electron chi connectivity index (χ4n) is 3.41. The molecule has 0 amide bonds. The standard InChI is InChI=1S/C19H16FN3O3/c1-9-16(10-2-5-15(21)22-8-10)14(20)7-11-6-13(19(25)26)18(24)23(17(9)11)12-3-4-12/h2,5-8,12H,3-4H2,1H3,(H2,21,22)(H,25,26). The maximum Gasteiger partial charge on any atom is 0.341 e. The predicted molar refractivity (Wildman–Crippen MR) is 95.8 cm³/mol. The van der Waals surface area contributed by atoms with Crippen LogP contribution in [0.15, 0.2) is 35.3 Å². The van der Waals surface area contributed by atoms with Crippen LogP contribution in [0.4, 0.5) is 10.2 Å². The molecule has 2 heterocycles. The molecule has 1 aliphatic rings. The van der Waals surface area contributed by atoms with Crippen LogP contribution >= 0.6 is 0 Å². The molecule has 1 fully saturated rings. The summed E-state index contributed by atoms with van der Waals surface area (Å²) >= 11 is 0. The molecule has 0 unspecified atom stereocenters. The molecule has 1 saturated carbocycles. The second-order valence-electron chi connectivity index (χ2n) is 6.54. The molecule has 2 aromatic heterocycles. The molecule has 26 heavy (non-hydrogen) atoms. The van der Waals surface area contributed by atoms with E-state index in [0.29, 0.717) is 33.4 Å². The maximum atomic E-state index is 14.9. The van der Waals surface area contributed by atoms with Gasteiger partial charge in [-0.1, -0.05) is 0 Å². The summed E-state index contributed by atoms with van der Waals surface area (Å²) < 4.78 is 16.4. The van der Waals surface area contributed by atoms with Crippen molar-refractivity contribution in [3.8, 4) is 11.1 Å². The van der Waals surface area contributed by atoms with Crippen molar-refractivity contribution >= 4 is 22.7 Å². The molecule has 4 rings (SSSR count). The number of aromatic carboxylic acids is 1. The van der Waals surface area contributed by atoms with Gasteiger partial charge in [0.15, 0.2) is 0 Å². The smallest absolute Gasteiger partial charge is 0.341 e. The van der Waals surface area contributed by atoms with Gasteiger partial charge in [-0.25, -0.2) is 14.2 Å². The number of nitrogens with zero attached hydrogens (tertiary/aromatic N) is 2. The zero-order chi connectivity index (χ0) is 18.6. The second-order valence-corrected chi connectivity index (χ2v) is 6.54. The minimum absolute atomic E-state index is 0.0501. The highest BCUT2D eigenvalue weighted by Crippen LogP contribution is 2.39. The number of carbonyl (C=O) groups is 1. The Hall–Kier alpha value is -3.22. The first-order valence-corrected chi connectivity index (χ1v) is 8.22. The van der Waals surface area contributed by atoms with E-state index >= 15 is 0 Å². The van der Waals surface area contributed by atoms with Gasteiger partial charge in [-0.3, -0.25) is 4.79 Å². The van der Waals surface area contributed by atoms with Gasteiger partial charge in [0.2, 0.25) is 0 Å². The van der Waals surface area contributed by atoms with Gasteiger partial charge in [0.05, 0.1) is 5.52 Å². The summed E-state index contributed by atoms with van der Waals surface area (Å²) in [6.07, 6.45) is 3.08. The summed E-state index contributed by atoms with van der Waals surface area (Å²) in [7, 11) is 0. The number of pyridine rings is 2. The lowest BCUT2D eigenvalue weighted by atomic mass is 9.97. The Morgan fingerprint density at radius 3 is 2.65 bits per heavy atom. The lowest BCUT2D eigenvalue weighted by Gasteiger charge is -2.17. The zero-order valence-electron chi connectivity index (χ0n) is 14.0. The van der Waals surface area contributed by atoms with E-state index < -0.39 is 17.3 Å². The summed E-state index contributed by atoms with van der Waals surface area (Å²) in [6.45, 7) is 1.73. The number of aryl methyl sites for hydroxylation is 1. The first-order chi connectivity index (χ1) is 12.4. The number of nitrogens with two attached hydrogens (primary N) is 1. The van der Waals surface area contributed by atoms with Crippen molar-refractivity contribution in [3.63, 3.8) is 0 Å². The molecule has 0 atom stereocenters. The molecule has 0 aliphatic heterocycles. The molecule has 1 aliphatic carbocycles. The molecule has 0 spiro atoms. The lowest BCUT2D eigenvalue weighted by molar-refractivity contribution is 0.0694. The maximum absolute atomic E-state index is 14.9. The SMILES string of the molecule is Cc1c(-c2ccc(N)nc2)c(F)cc2cc(C(=O)O)c(=O)n(C3CC3)c12. The molecule has 7 heteroatoms. The van der Waals surface area contributed by atoms with Crippen LogP contribution in [-0.2, 0) is 0 Å². The number of hydrogen-bond acceptors (Lipinski definition) is 4. The number of fused-ring (bicyclic) bond motifs is 1. The summed E-state index contributed by atoms with van der Waals surface area (Å²) in [5.74, 6) is -1.48. The van der Waals surface area contributed by atoms with Crippen molar-refractivity contribution in [2.45, 2.75) is 25.8 Å². The van der Waals surface area contributed by atoms with Crippen LogP contribution in [0.3, 0.4) is 0 Å². The van der Waals surface area contributed by atoms with Gasteiger partial charge in [-0.15, -0.1) is 0 Å². The summed E-state index contributed by atoms with van der Waals surface area (Å²) in [5.41, 5.74) is 6.73. The molecular formula is C19H16FN3O3. The van der Waals surface area contributed by atoms with Crippen LogP contribution in [-0.4, -0.2) is 20.6 Å². The fourth-order valence-corrected chi connectivity index (χ4v) is 3.41. The Balaban J connectivity index is 2.10. The summed E-state index contributed by atoms with van der Waals surface area (Å²) in [6, 6.07) is 5.73. The number of hydrogen-bond donors (Lipinski definition) is 2. The van der Waals surface area contributed by atoms with Crippen molar-refractivity contribution in [2.75, 3.05) is 5.73 Å². The summed E-state index contributed by atoms with van der Waals surface area (Å²) in [4.78, 5) is 28.1. The largest absolute Gasteiger partial charge is 0.477 e. The molecular weight excluding hydrogens is 337 g/mol. The van der Waals surface area contributed by atoms with Crippen molar-refractivity contribution in [1.82, 2.24) is 9.55 Å². The van der Waals surface area contributed by atoms with E-state index in [4.69, 9.17) is 5.73 Å². The lowest BCUT2D eigenvalue weighted by Crippen LogP contribution is -2.26. The highest BCUT2D eigenvalue weighted by molar-refractivity contribution is 5.96. The fraction of sp³-hybridized carbons (Fsp3) is 0.211.